The number of carbonyl (C=O) groups is 2. The van der Waals surface area contributed by atoms with Gasteiger partial charge in [0.2, 0.25) is 5.60 Å². The van der Waals surface area contributed by atoms with Gasteiger partial charge >= 0.3 is 5.97 Å². The lowest BCUT2D eigenvalue weighted by Crippen LogP contribution is -2.38. The number of rotatable bonds is 5. The molecule has 1 aromatic carbocycles. The Balaban J connectivity index is 2.23. The van der Waals surface area contributed by atoms with Gasteiger partial charge in [0.15, 0.2) is 5.78 Å². The molecule has 0 aromatic heterocycles. The van der Waals surface area contributed by atoms with E-state index in [4.69, 9.17) is 28.0 Å². The van der Waals surface area contributed by atoms with Crippen LogP contribution in [0.25, 0.3) is 0 Å². The normalized spacial score (nSPS) is 20.3. The van der Waals surface area contributed by atoms with Crippen molar-refractivity contribution in [3.05, 3.63) is 33.8 Å². The molecule has 1 heterocycles. The Labute approximate surface area is 138 Å². The van der Waals surface area contributed by atoms with Crippen molar-refractivity contribution < 1.29 is 19.2 Å². The van der Waals surface area contributed by atoms with Gasteiger partial charge in [0.1, 0.15) is 0 Å². The van der Waals surface area contributed by atoms with Gasteiger partial charge in [-0.3, -0.25) is 9.59 Å². The van der Waals surface area contributed by atoms with Crippen molar-refractivity contribution in [3.63, 3.8) is 0 Å². The number of nitrogens with zero attached hydrogens (tertiary/aromatic N) is 1. The first-order chi connectivity index (χ1) is 10.4. The summed E-state index contributed by atoms with van der Waals surface area (Å²) in [7, 11) is 1.30. The Bertz CT molecular complexity index is 624. The fourth-order valence-corrected chi connectivity index (χ4v) is 2.91. The van der Waals surface area contributed by atoms with Crippen LogP contribution in [0.15, 0.2) is 23.4 Å². The number of esters is 1. The van der Waals surface area contributed by atoms with Crippen LogP contribution in [0.2, 0.25) is 10.0 Å². The third-order valence-corrected chi connectivity index (χ3v) is 4.27. The van der Waals surface area contributed by atoms with Crippen molar-refractivity contribution in [2.45, 2.75) is 31.8 Å². The lowest BCUT2D eigenvalue weighted by molar-refractivity contribution is -0.146. The number of benzene rings is 1. The smallest absolute Gasteiger partial charge is 0.305 e. The Morgan fingerprint density at radius 2 is 2.00 bits per heavy atom. The van der Waals surface area contributed by atoms with Crippen molar-refractivity contribution in [2.24, 2.45) is 5.16 Å². The van der Waals surface area contributed by atoms with Gasteiger partial charge in [0.05, 0.1) is 22.9 Å². The van der Waals surface area contributed by atoms with Crippen LogP contribution in [0.4, 0.5) is 0 Å². The largest absolute Gasteiger partial charge is 0.469 e. The maximum atomic E-state index is 12.0. The Morgan fingerprint density at radius 1 is 1.36 bits per heavy atom. The first kappa shape index (κ1) is 16.8. The molecule has 2 rings (SSSR count). The van der Waals surface area contributed by atoms with Crippen molar-refractivity contribution in [3.8, 4) is 0 Å². The van der Waals surface area contributed by atoms with Gasteiger partial charge in [-0.2, -0.15) is 0 Å². The van der Waals surface area contributed by atoms with Gasteiger partial charge < -0.3 is 9.57 Å². The summed E-state index contributed by atoms with van der Waals surface area (Å²) >= 11 is 12.3. The summed E-state index contributed by atoms with van der Waals surface area (Å²) in [6, 6.07) is 5.10. The molecular formula is C15H15Cl2NO4. The maximum absolute atomic E-state index is 12.0. The summed E-state index contributed by atoms with van der Waals surface area (Å²) in [4.78, 5) is 28.7. The topological polar surface area (TPSA) is 65.0 Å². The molecule has 0 bridgehead atoms. The van der Waals surface area contributed by atoms with E-state index in [9.17, 15) is 9.59 Å². The lowest BCUT2D eigenvalue weighted by Gasteiger charge is -2.22. The number of carbonyl (C=O) groups excluding carboxylic acids is 2. The summed E-state index contributed by atoms with van der Waals surface area (Å²) in [6.45, 7) is 1.41. The van der Waals surface area contributed by atoms with Crippen LogP contribution in [-0.2, 0) is 19.2 Å². The molecule has 0 N–H and O–H groups in total. The third kappa shape index (κ3) is 3.25. The zero-order valence-electron chi connectivity index (χ0n) is 12.2. The average Bonchev–Trinajstić information content (AvgIpc) is 2.90. The average molecular weight is 344 g/mol. The molecule has 118 valence electrons. The summed E-state index contributed by atoms with van der Waals surface area (Å²) < 4.78 is 4.60. The van der Waals surface area contributed by atoms with E-state index in [1.54, 1.807) is 18.2 Å². The standard InChI is InChI=1S/C15H15Cl2NO4/c1-9(19)15(7-6-13(20)21-2)8-12(18-22-15)14-10(16)4-3-5-11(14)17/h3-5H,6-8H2,1-2H3. The molecule has 7 heteroatoms. The maximum Gasteiger partial charge on any atom is 0.305 e. The van der Waals surface area contributed by atoms with Crippen LogP contribution in [0.1, 0.15) is 31.7 Å². The molecule has 0 saturated carbocycles. The monoisotopic (exact) mass is 343 g/mol. The van der Waals surface area contributed by atoms with Crippen LogP contribution >= 0.6 is 23.2 Å². The van der Waals surface area contributed by atoms with Gasteiger partial charge in [-0.25, -0.2) is 0 Å². The molecule has 1 atom stereocenters. The zero-order valence-corrected chi connectivity index (χ0v) is 13.7. The van der Waals surface area contributed by atoms with Gasteiger partial charge in [0.25, 0.3) is 0 Å². The van der Waals surface area contributed by atoms with E-state index in [2.05, 4.69) is 9.89 Å². The molecule has 0 aliphatic carbocycles. The molecule has 0 fully saturated rings. The van der Waals surface area contributed by atoms with E-state index in [0.717, 1.165) is 0 Å². The second kappa shape index (κ2) is 6.67. The summed E-state index contributed by atoms with van der Waals surface area (Å²) in [5.41, 5.74) is -0.130. The molecule has 5 nitrogen and oxygen atoms in total. The van der Waals surface area contributed by atoms with Crippen LogP contribution in [0.3, 0.4) is 0 Å². The van der Waals surface area contributed by atoms with Crippen molar-refractivity contribution in [2.75, 3.05) is 7.11 Å². The molecule has 22 heavy (non-hydrogen) atoms. The molecule has 1 aliphatic heterocycles. The number of oxime groups is 1. The van der Waals surface area contributed by atoms with Crippen molar-refractivity contribution in [1.29, 1.82) is 0 Å². The number of hydrogen-bond acceptors (Lipinski definition) is 5. The molecule has 0 radical (unpaired) electrons. The summed E-state index contributed by atoms with van der Waals surface area (Å²) in [5, 5.41) is 4.85. The predicted molar refractivity (Wildman–Crippen MR) is 83.4 cm³/mol. The van der Waals surface area contributed by atoms with Crippen molar-refractivity contribution >= 4 is 40.7 Å². The highest BCUT2D eigenvalue weighted by Gasteiger charge is 2.45. The van der Waals surface area contributed by atoms with E-state index in [-0.39, 0.29) is 25.0 Å². The molecule has 1 unspecified atom stereocenters. The van der Waals surface area contributed by atoms with E-state index < -0.39 is 11.6 Å². The molecule has 0 saturated heterocycles. The van der Waals surface area contributed by atoms with Gasteiger partial charge in [-0.05, 0) is 19.1 Å². The molecule has 0 amide bonds. The van der Waals surface area contributed by atoms with Gasteiger partial charge in [0, 0.05) is 24.8 Å². The molecule has 1 aliphatic rings. The highest BCUT2D eigenvalue weighted by molar-refractivity contribution is 6.40. The van der Waals surface area contributed by atoms with Gasteiger partial charge in [-0.15, -0.1) is 0 Å². The van der Waals surface area contributed by atoms with E-state index in [1.165, 1.54) is 14.0 Å². The number of ketones is 1. The number of methoxy groups -OCH3 is 1. The fraction of sp³-hybridized carbons (Fsp3) is 0.400. The van der Waals surface area contributed by atoms with Crippen LogP contribution in [0.5, 0.6) is 0 Å². The predicted octanol–water partition coefficient (Wildman–Crippen LogP) is 3.40. The van der Waals surface area contributed by atoms with E-state index in [0.29, 0.717) is 21.3 Å². The fourth-order valence-electron chi connectivity index (χ4n) is 2.29. The van der Waals surface area contributed by atoms with Crippen LogP contribution in [-0.4, -0.2) is 30.2 Å². The number of ether oxygens (including phenoxy) is 1. The first-order valence-electron chi connectivity index (χ1n) is 6.67. The second-order valence-electron chi connectivity index (χ2n) is 5.03. The Morgan fingerprint density at radius 3 is 2.55 bits per heavy atom. The molecule has 1 aromatic rings. The Kier molecular flexibility index (Phi) is 5.08. The number of halogens is 2. The van der Waals surface area contributed by atoms with E-state index in [1.807, 2.05) is 0 Å². The highest BCUT2D eigenvalue weighted by Crippen LogP contribution is 2.36. The highest BCUT2D eigenvalue weighted by atomic mass is 35.5. The van der Waals surface area contributed by atoms with Crippen LogP contribution < -0.4 is 0 Å². The Hall–Kier alpha value is -1.59. The van der Waals surface area contributed by atoms with Crippen molar-refractivity contribution in [1.82, 2.24) is 0 Å². The summed E-state index contributed by atoms with van der Waals surface area (Å²) in [5.74, 6) is -0.619. The minimum atomic E-state index is -1.17. The number of hydrogen-bond donors (Lipinski definition) is 0. The minimum Gasteiger partial charge on any atom is -0.469 e. The first-order valence-corrected chi connectivity index (χ1v) is 7.42. The lowest BCUT2D eigenvalue weighted by atomic mass is 9.86. The third-order valence-electron chi connectivity index (χ3n) is 3.64. The minimum absolute atomic E-state index is 0.0646. The van der Waals surface area contributed by atoms with E-state index >= 15 is 0 Å². The SMILES string of the molecule is COC(=O)CCC1(C(C)=O)CC(c2c(Cl)cccc2Cl)=NO1. The second-order valence-corrected chi connectivity index (χ2v) is 5.84. The molecule has 0 spiro atoms. The van der Waals surface area contributed by atoms with Gasteiger partial charge in [-0.1, -0.05) is 34.4 Å². The summed E-state index contributed by atoms with van der Waals surface area (Å²) in [6.07, 6.45) is 0.460. The molecular weight excluding hydrogens is 329 g/mol. The number of Topliss-reactive ketones (excluding diaryl/α,β-unsaturated/α-hetero) is 1. The van der Waals surface area contributed by atoms with Crippen LogP contribution in [0, 0.1) is 0 Å². The zero-order chi connectivity index (χ0) is 16.3. The quantitative estimate of drug-likeness (QED) is 0.768.